The Balaban J connectivity index is 1.83. The molecule has 4 nitrogen and oxygen atoms in total. The van der Waals surface area contributed by atoms with E-state index in [1.54, 1.807) is 18.3 Å². The lowest BCUT2D eigenvalue weighted by Gasteiger charge is -2.05. The quantitative estimate of drug-likeness (QED) is 0.733. The maximum absolute atomic E-state index is 9.46. The van der Waals surface area contributed by atoms with Gasteiger partial charge >= 0.3 is 0 Å². The third-order valence-electron chi connectivity index (χ3n) is 3.37. The van der Waals surface area contributed by atoms with E-state index < -0.39 is 0 Å². The minimum atomic E-state index is 0.245. The van der Waals surface area contributed by atoms with Gasteiger partial charge < -0.3 is 14.6 Å². The molecule has 20 heavy (non-hydrogen) atoms. The van der Waals surface area contributed by atoms with Gasteiger partial charge in [0, 0.05) is 17.1 Å². The Morgan fingerprint density at radius 1 is 0.900 bits per heavy atom. The zero-order valence-electron chi connectivity index (χ0n) is 10.5. The molecule has 0 fully saturated rings. The van der Waals surface area contributed by atoms with Gasteiger partial charge in [-0.1, -0.05) is 6.07 Å². The van der Waals surface area contributed by atoms with Crippen LogP contribution in [0.4, 0.5) is 0 Å². The van der Waals surface area contributed by atoms with Gasteiger partial charge in [0.15, 0.2) is 11.5 Å². The molecule has 0 atom stereocenters. The summed E-state index contributed by atoms with van der Waals surface area (Å²) in [5, 5.41) is 11.4. The molecule has 0 unspecified atom stereocenters. The van der Waals surface area contributed by atoms with E-state index >= 15 is 0 Å². The van der Waals surface area contributed by atoms with Crippen molar-refractivity contribution < 1.29 is 14.6 Å². The highest BCUT2D eigenvalue weighted by molar-refractivity contribution is 5.86. The minimum absolute atomic E-state index is 0.245. The zero-order valence-corrected chi connectivity index (χ0v) is 10.5. The number of hydrogen-bond acceptors (Lipinski definition) is 4. The van der Waals surface area contributed by atoms with E-state index in [-0.39, 0.29) is 12.5 Å². The molecule has 4 heteroatoms. The Hall–Kier alpha value is -2.75. The number of fused-ring (bicyclic) bond motifs is 2. The number of benzene rings is 2. The fourth-order valence-corrected chi connectivity index (χ4v) is 2.34. The Morgan fingerprint density at radius 2 is 1.80 bits per heavy atom. The lowest BCUT2D eigenvalue weighted by molar-refractivity contribution is 0.174. The van der Waals surface area contributed by atoms with Crippen LogP contribution < -0.4 is 9.47 Å². The highest BCUT2D eigenvalue weighted by Crippen LogP contribution is 2.36. The predicted octanol–water partition coefficient (Wildman–Crippen LogP) is 3.34. The summed E-state index contributed by atoms with van der Waals surface area (Å²) in [6.45, 7) is 0.267. The summed E-state index contributed by atoms with van der Waals surface area (Å²) in [4.78, 5) is 4.44. The molecule has 1 aromatic heterocycles. The normalized spacial score (nSPS) is 12.8. The molecule has 0 bridgehead atoms. The number of phenolic OH excluding ortho intramolecular Hbond substituents is 1. The van der Waals surface area contributed by atoms with Gasteiger partial charge in [-0.2, -0.15) is 0 Å². The van der Waals surface area contributed by atoms with Crippen molar-refractivity contribution in [2.75, 3.05) is 6.79 Å². The fourth-order valence-electron chi connectivity index (χ4n) is 2.34. The largest absolute Gasteiger partial charge is 0.508 e. The summed E-state index contributed by atoms with van der Waals surface area (Å²) in [7, 11) is 0. The first-order chi connectivity index (χ1) is 9.79. The van der Waals surface area contributed by atoms with Crippen molar-refractivity contribution in [3.05, 3.63) is 48.7 Å². The van der Waals surface area contributed by atoms with Crippen LogP contribution >= 0.6 is 0 Å². The first kappa shape index (κ1) is 11.1. The Bertz CT molecular complexity index is 814. The van der Waals surface area contributed by atoms with Crippen molar-refractivity contribution >= 4 is 10.8 Å². The van der Waals surface area contributed by atoms with Crippen LogP contribution in [0.3, 0.4) is 0 Å². The number of pyridine rings is 1. The molecule has 0 amide bonds. The Kier molecular flexibility index (Phi) is 2.29. The maximum Gasteiger partial charge on any atom is 0.231 e. The highest BCUT2D eigenvalue weighted by Gasteiger charge is 2.14. The molecule has 3 aromatic rings. The molecule has 0 spiro atoms. The monoisotopic (exact) mass is 265 g/mol. The smallest absolute Gasteiger partial charge is 0.231 e. The molecular formula is C16H11NO3. The van der Waals surface area contributed by atoms with Gasteiger partial charge in [0.05, 0.1) is 5.69 Å². The zero-order chi connectivity index (χ0) is 13.5. The predicted molar refractivity (Wildman–Crippen MR) is 75.0 cm³/mol. The van der Waals surface area contributed by atoms with E-state index in [0.29, 0.717) is 0 Å². The van der Waals surface area contributed by atoms with Crippen LogP contribution in [-0.2, 0) is 0 Å². The van der Waals surface area contributed by atoms with Crippen molar-refractivity contribution in [1.29, 1.82) is 0 Å². The van der Waals surface area contributed by atoms with Gasteiger partial charge in [-0.15, -0.1) is 0 Å². The van der Waals surface area contributed by atoms with Crippen molar-refractivity contribution in [3.8, 4) is 28.5 Å². The van der Waals surface area contributed by atoms with Crippen LogP contribution in [0.5, 0.6) is 17.2 Å². The highest BCUT2D eigenvalue weighted by atomic mass is 16.7. The molecule has 2 aromatic carbocycles. The number of hydrogen-bond donors (Lipinski definition) is 1. The molecule has 0 saturated carbocycles. The maximum atomic E-state index is 9.46. The molecule has 1 aliphatic rings. The van der Waals surface area contributed by atoms with Crippen LogP contribution in [0, 0.1) is 0 Å². The van der Waals surface area contributed by atoms with Crippen molar-refractivity contribution in [1.82, 2.24) is 4.98 Å². The standard InChI is InChI=1S/C16H11NO3/c18-13-3-1-10-6-14(17-8-12(10)5-13)11-2-4-15-16(7-11)20-9-19-15/h1-8,18H,9H2. The van der Waals surface area contributed by atoms with E-state index in [2.05, 4.69) is 4.98 Å². The second-order valence-electron chi connectivity index (χ2n) is 4.67. The van der Waals surface area contributed by atoms with Crippen LogP contribution in [0.25, 0.3) is 22.0 Å². The summed E-state index contributed by atoms with van der Waals surface area (Å²) >= 11 is 0. The van der Waals surface area contributed by atoms with Crippen LogP contribution in [-0.4, -0.2) is 16.9 Å². The third kappa shape index (κ3) is 1.73. The first-order valence-corrected chi connectivity index (χ1v) is 6.28. The van der Waals surface area contributed by atoms with Crippen LogP contribution in [0.1, 0.15) is 0 Å². The number of phenols is 1. The number of ether oxygens (including phenoxy) is 2. The van der Waals surface area contributed by atoms with E-state index in [9.17, 15) is 5.11 Å². The molecule has 0 saturated heterocycles. The molecule has 2 heterocycles. The average molecular weight is 265 g/mol. The molecule has 98 valence electrons. The third-order valence-corrected chi connectivity index (χ3v) is 3.37. The summed E-state index contributed by atoms with van der Waals surface area (Å²) in [6, 6.07) is 13.0. The number of rotatable bonds is 1. The Labute approximate surface area is 115 Å². The molecule has 4 rings (SSSR count). The summed E-state index contributed by atoms with van der Waals surface area (Å²) < 4.78 is 10.7. The Morgan fingerprint density at radius 3 is 2.75 bits per heavy atom. The number of aromatic nitrogens is 1. The van der Waals surface area contributed by atoms with Crippen molar-refractivity contribution in [2.45, 2.75) is 0 Å². The summed E-state index contributed by atoms with van der Waals surface area (Å²) in [5.41, 5.74) is 1.84. The van der Waals surface area contributed by atoms with Crippen molar-refractivity contribution in [2.24, 2.45) is 0 Å². The van der Waals surface area contributed by atoms with Crippen molar-refractivity contribution in [3.63, 3.8) is 0 Å². The molecule has 1 N–H and O–H groups in total. The lowest BCUT2D eigenvalue weighted by Crippen LogP contribution is -1.92. The van der Waals surface area contributed by atoms with Crippen LogP contribution in [0.15, 0.2) is 48.7 Å². The van der Waals surface area contributed by atoms with Gasteiger partial charge in [-0.25, -0.2) is 0 Å². The first-order valence-electron chi connectivity index (χ1n) is 6.28. The van der Waals surface area contributed by atoms with Gasteiger partial charge in [0.2, 0.25) is 6.79 Å². The summed E-state index contributed by atoms with van der Waals surface area (Å²) in [5.74, 6) is 1.75. The second kappa shape index (κ2) is 4.13. The molecule has 1 aliphatic heterocycles. The molecule has 0 aliphatic carbocycles. The fraction of sp³-hybridized carbons (Fsp3) is 0.0625. The van der Waals surface area contributed by atoms with Gasteiger partial charge in [-0.05, 0) is 41.8 Å². The van der Waals surface area contributed by atoms with E-state index in [4.69, 9.17) is 9.47 Å². The summed E-state index contributed by atoms with van der Waals surface area (Å²) in [6.07, 6.45) is 1.76. The van der Waals surface area contributed by atoms with Gasteiger partial charge in [0.1, 0.15) is 5.75 Å². The average Bonchev–Trinajstić information content (AvgIpc) is 2.94. The van der Waals surface area contributed by atoms with Gasteiger partial charge in [-0.3, -0.25) is 4.98 Å². The number of aromatic hydroxyl groups is 1. The van der Waals surface area contributed by atoms with E-state index in [0.717, 1.165) is 33.5 Å². The van der Waals surface area contributed by atoms with Crippen LogP contribution in [0.2, 0.25) is 0 Å². The lowest BCUT2D eigenvalue weighted by atomic mass is 10.1. The number of nitrogens with zero attached hydrogens (tertiary/aromatic N) is 1. The second-order valence-corrected chi connectivity index (χ2v) is 4.67. The molecular weight excluding hydrogens is 254 g/mol. The van der Waals surface area contributed by atoms with Gasteiger partial charge in [0.25, 0.3) is 0 Å². The van der Waals surface area contributed by atoms with E-state index in [1.807, 2.05) is 30.3 Å². The van der Waals surface area contributed by atoms with E-state index in [1.165, 1.54) is 0 Å². The topological polar surface area (TPSA) is 51.6 Å². The molecule has 0 radical (unpaired) electrons. The minimum Gasteiger partial charge on any atom is -0.508 e. The SMILES string of the molecule is Oc1ccc2cc(-c3ccc4c(c3)OCO4)ncc2c1.